The van der Waals surface area contributed by atoms with Crippen molar-refractivity contribution in [3.8, 4) is 11.4 Å². The van der Waals surface area contributed by atoms with Gasteiger partial charge in [0, 0.05) is 42.9 Å². The van der Waals surface area contributed by atoms with Crippen molar-refractivity contribution in [2.75, 3.05) is 13.2 Å². The molecule has 1 aromatic carbocycles. The van der Waals surface area contributed by atoms with E-state index in [1.165, 1.54) is 4.52 Å². The van der Waals surface area contributed by atoms with Gasteiger partial charge in [0.1, 0.15) is 0 Å². The fourth-order valence-corrected chi connectivity index (χ4v) is 3.95. The lowest BCUT2D eigenvalue weighted by Gasteiger charge is -2.14. The minimum atomic E-state index is -0.214. The molecule has 0 aliphatic carbocycles. The van der Waals surface area contributed by atoms with Gasteiger partial charge in [-0.1, -0.05) is 30.3 Å². The van der Waals surface area contributed by atoms with Gasteiger partial charge >= 0.3 is 0 Å². The molecular formula is C22H27N5O3. The van der Waals surface area contributed by atoms with Crippen molar-refractivity contribution in [2.45, 2.75) is 52.2 Å². The van der Waals surface area contributed by atoms with Crippen molar-refractivity contribution in [1.82, 2.24) is 24.5 Å². The first kappa shape index (κ1) is 20.3. The zero-order valence-corrected chi connectivity index (χ0v) is 17.4. The zero-order chi connectivity index (χ0) is 21.1. The van der Waals surface area contributed by atoms with E-state index in [0.29, 0.717) is 36.7 Å². The maximum Gasteiger partial charge on any atom is 0.279 e. The third-order valence-electron chi connectivity index (χ3n) is 5.62. The number of aromatic nitrogens is 4. The predicted molar refractivity (Wildman–Crippen MR) is 113 cm³/mol. The standard InChI is InChI=1S/C22H27N5O3/c1-3-26-15(2)18(11-12-19(28)23-14-17-10-7-13-30-17)21(29)27-22(26)24-20(25-27)16-8-5-4-6-9-16/h4-6,8-9,17H,3,7,10-14H2,1-2H3,(H,23,28)/t17-/m1/s1. The summed E-state index contributed by atoms with van der Waals surface area (Å²) in [6.07, 6.45) is 2.74. The smallest absolute Gasteiger partial charge is 0.279 e. The van der Waals surface area contributed by atoms with Crippen molar-refractivity contribution in [3.05, 3.63) is 51.9 Å². The fourth-order valence-electron chi connectivity index (χ4n) is 3.95. The molecule has 0 unspecified atom stereocenters. The molecule has 8 nitrogen and oxygen atoms in total. The number of carbonyl (C=O) groups excluding carboxylic acids is 1. The second kappa shape index (κ2) is 8.79. The van der Waals surface area contributed by atoms with Gasteiger partial charge in [-0.05, 0) is 33.1 Å². The Bertz CT molecular complexity index is 1100. The van der Waals surface area contributed by atoms with Gasteiger partial charge in [-0.3, -0.25) is 9.59 Å². The molecule has 4 rings (SSSR count). The highest BCUT2D eigenvalue weighted by atomic mass is 16.5. The Kier molecular flexibility index (Phi) is 5.94. The van der Waals surface area contributed by atoms with E-state index in [0.717, 1.165) is 30.7 Å². The van der Waals surface area contributed by atoms with Crippen LogP contribution in [0.3, 0.4) is 0 Å². The Labute approximate surface area is 174 Å². The van der Waals surface area contributed by atoms with Crippen LogP contribution in [0.4, 0.5) is 0 Å². The number of ether oxygens (including phenoxy) is 1. The molecule has 8 heteroatoms. The van der Waals surface area contributed by atoms with Gasteiger partial charge in [0.2, 0.25) is 11.7 Å². The second-order valence-corrected chi connectivity index (χ2v) is 7.57. The summed E-state index contributed by atoms with van der Waals surface area (Å²) >= 11 is 0. The van der Waals surface area contributed by atoms with Crippen LogP contribution < -0.4 is 10.9 Å². The second-order valence-electron chi connectivity index (χ2n) is 7.57. The van der Waals surface area contributed by atoms with Crippen molar-refractivity contribution < 1.29 is 9.53 Å². The maximum atomic E-state index is 13.1. The summed E-state index contributed by atoms with van der Waals surface area (Å²) < 4.78 is 8.87. The third-order valence-corrected chi connectivity index (χ3v) is 5.62. The number of fused-ring (bicyclic) bond motifs is 1. The summed E-state index contributed by atoms with van der Waals surface area (Å²) in [6.45, 7) is 5.85. The molecule has 1 aliphatic rings. The van der Waals surface area contributed by atoms with Crippen LogP contribution in [0.1, 0.15) is 37.4 Å². The molecule has 30 heavy (non-hydrogen) atoms. The molecule has 1 fully saturated rings. The number of benzene rings is 1. The molecule has 1 N–H and O–H groups in total. The number of amides is 1. The van der Waals surface area contributed by atoms with Crippen LogP contribution in [0.5, 0.6) is 0 Å². The molecular weight excluding hydrogens is 382 g/mol. The lowest BCUT2D eigenvalue weighted by molar-refractivity contribution is -0.121. The molecule has 3 aromatic rings. The van der Waals surface area contributed by atoms with Crippen molar-refractivity contribution in [2.24, 2.45) is 0 Å². The number of rotatable bonds is 7. The molecule has 158 valence electrons. The van der Waals surface area contributed by atoms with E-state index >= 15 is 0 Å². The molecule has 2 aromatic heterocycles. The molecule has 0 spiro atoms. The lowest BCUT2D eigenvalue weighted by atomic mass is 10.1. The van der Waals surface area contributed by atoms with E-state index in [-0.39, 0.29) is 24.0 Å². The van der Waals surface area contributed by atoms with Gasteiger partial charge in [-0.2, -0.15) is 9.50 Å². The van der Waals surface area contributed by atoms with Crippen molar-refractivity contribution >= 4 is 11.7 Å². The van der Waals surface area contributed by atoms with Crippen LogP contribution in [0.2, 0.25) is 0 Å². The molecule has 0 bridgehead atoms. The van der Waals surface area contributed by atoms with Gasteiger partial charge in [0.25, 0.3) is 5.56 Å². The van der Waals surface area contributed by atoms with E-state index in [4.69, 9.17) is 4.74 Å². The van der Waals surface area contributed by atoms with E-state index < -0.39 is 0 Å². The van der Waals surface area contributed by atoms with E-state index in [1.54, 1.807) is 0 Å². The molecule has 1 aliphatic heterocycles. The average molecular weight is 409 g/mol. The summed E-state index contributed by atoms with van der Waals surface area (Å²) in [5.41, 5.74) is 2.07. The summed E-state index contributed by atoms with van der Waals surface area (Å²) in [4.78, 5) is 30.0. The molecule has 3 heterocycles. The third kappa shape index (κ3) is 4.00. The highest BCUT2D eigenvalue weighted by Gasteiger charge is 2.20. The Morgan fingerprint density at radius 1 is 1.30 bits per heavy atom. The first-order valence-electron chi connectivity index (χ1n) is 10.5. The van der Waals surface area contributed by atoms with Gasteiger partial charge in [0.05, 0.1) is 6.10 Å². The summed E-state index contributed by atoms with van der Waals surface area (Å²) in [5.74, 6) is 0.960. The Morgan fingerprint density at radius 2 is 2.10 bits per heavy atom. The number of aryl methyl sites for hydroxylation is 1. The highest BCUT2D eigenvalue weighted by Crippen LogP contribution is 2.17. The first-order valence-corrected chi connectivity index (χ1v) is 10.5. The summed E-state index contributed by atoms with van der Waals surface area (Å²) in [5, 5.41) is 7.38. The predicted octanol–water partition coefficient (Wildman–Crippen LogP) is 2.11. The SMILES string of the molecule is CCn1c(C)c(CCC(=O)NC[C@H]2CCCO2)c(=O)n2nc(-c3ccccc3)nc12. The van der Waals surface area contributed by atoms with Crippen LogP contribution in [0.25, 0.3) is 17.2 Å². The minimum Gasteiger partial charge on any atom is -0.376 e. The first-order chi connectivity index (χ1) is 14.6. The maximum absolute atomic E-state index is 13.1. The normalized spacial score (nSPS) is 16.3. The Balaban J connectivity index is 1.58. The number of hydrogen-bond donors (Lipinski definition) is 1. The molecule has 0 radical (unpaired) electrons. The van der Waals surface area contributed by atoms with E-state index in [2.05, 4.69) is 15.4 Å². The summed E-state index contributed by atoms with van der Waals surface area (Å²) in [7, 11) is 0. The monoisotopic (exact) mass is 409 g/mol. The van der Waals surface area contributed by atoms with Gasteiger partial charge < -0.3 is 14.6 Å². The van der Waals surface area contributed by atoms with Crippen LogP contribution >= 0.6 is 0 Å². The molecule has 1 saturated heterocycles. The molecule has 1 atom stereocenters. The fraction of sp³-hybridized carbons (Fsp3) is 0.455. The lowest BCUT2D eigenvalue weighted by Crippen LogP contribution is -2.33. The van der Waals surface area contributed by atoms with Gasteiger partial charge in [-0.15, -0.1) is 5.10 Å². The van der Waals surface area contributed by atoms with Crippen LogP contribution in [0, 0.1) is 6.92 Å². The quantitative estimate of drug-likeness (QED) is 0.645. The van der Waals surface area contributed by atoms with E-state index in [9.17, 15) is 9.59 Å². The van der Waals surface area contributed by atoms with E-state index in [1.807, 2.05) is 48.7 Å². The number of nitrogens with zero attached hydrogens (tertiary/aromatic N) is 4. The molecule has 0 saturated carbocycles. The van der Waals surface area contributed by atoms with Crippen LogP contribution in [0.15, 0.2) is 35.1 Å². The van der Waals surface area contributed by atoms with Gasteiger partial charge in [0.15, 0.2) is 5.82 Å². The van der Waals surface area contributed by atoms with Crippen molar-refractivity contribution in [1.29, 1.82) is 0 Å². The number of carbonyl (C=O) groups is 1. The van der Waals surface area contributed by atoms with Gasteiger partial charge in [-0.25, -0.2) is 0 Å². The highest BCUT2D eigenvalue weighted by molar-refractivity contribution is 5.76. The number of hydrogen-bond acceptors (Lipinski definition) is 5. The van der Waals surface area contributed by atoms with Crippen LogP contribution in [-0.4, -0.2) is 44.3 Å². The zero-order valence-electron chi connectivity index (χ0n) is 17.4. The van der Waals surface area contributed by atoms with Crippen molar-refractivity contribution in [3.63, 3.8) is 0 Å². The Hall–Kier alpha value is -3.00. The molecule has 1 amide bonds. The number of nitrogens with one attached hydrogen (secondary N) is 1. The topological polar surface area (TPSA) is 90.5 Å². The largest absolute Gasteiger partial charge is 0.376 e. The average Bonchev–Trinajstić information content (AvgIpc) is 3.43. The Morgan fingerprint density at radius 3 is 2.80 bits per heavy atom. The van der Waals surface area contributed by atoms with Crippen LogP contribution in [-0.2, 0) is 22.5 Å². The minimum absolute atomic E-state index is 0.0731. The summed E-state index contributed by atoms with van der Waals surface area (Å²) in [6, 6.07) is 9.60.